The number of H-pyrrole nitrogens is 1. The Bertz CT molecular complexity index is 1040. The molecule has 3 aromatic rings. The van der Waals surface area contributed by atoms with Gasteiger partial charge in [-0.05, 0) is 44.9 Å². The molecular formula is C25H32N4O4. The molecule has 0 spiro atoms. The summed E-state index contributed by atoms with van der Waals surface area (Å²) in [7, 11) is 0. The van der Waals surface area contributed by atoms with E-state index in [9.17, 15) is 9.90 Å². The number of aryl methyl sites for hydroxylation is 1. The van der Waals surface area contributed by atoms with Gasteiger partial charge in [0.2, 0.25) is 5.91 Å². The Morgan fingerprint density at radius 3 is 2.21 bits per heavy atom. The van der Waals surface area contributed by atoms with Gasteiger partial charge in [0.25, 0.3) is 5.97 Å². The minimum absolute atomic E-state index is 0.0149. The third-order valence-corrected chi connectivity index (χ3v) is 4.92. The van der Waals surface area contributed by atoms with Crippen molar-refractivity contribution in [2.24, 2.45) is 5.73 Å². The molecule has 0 unspecified atom stereocenters. The van der Waals surface area contributed by atoms with E-state index >= 15 is 0 Å². The molecule has 0 aliphatic heterocycles. The SMILES string of the molecule is CC(=O)O.Cc1[nH]c(CN(C(=O)[C@@H](N)Cc2ccc(O)cc2)C(C)C)nc1-c1ccccc1. The number of phenols is 1. The second-order valence-electron chi connectivity index (χ2n) is 8.08. The van der Waals surface area contributed by atoms with Crippen LogP contribution in [0.5, 0.6) is 5.75 Å². The lowest BCUT2D eigenvalue weighted by molar-refractivity contribution is -0.135. The van der Waals surface area contributed by atoms with Crippen LogP contribution in [0.15, 0.2) is 54.6 Å². The van der Waals surface area contributed by atoms with E-state index in [1.54, 1.807) is 29.2 Å². The number of nitrogens with one attached hydrogen (secondary N) is 1. The van der Waals surface area contributed by atoms with Crippen LogP contribution in [0.1, 0.15) is 37.9 Å². The molecular weight excluding hydrogens is 420 g/mol. The topological polar surface area (TPSA) is 133 Å². The highest BCUT2D eigenvalue weighted by molar-refractivity contribution is 5.82. The number of nitrogens with zero attached hydrogens (tertiary/aromatic N) is 2. The summed E-state index contributed by atoms with van der Waals surface area (Å²) < 4.78 is 0. The number of nitrogens with two attached hydrogens (primary N) is 1. The summed E-state index contributed by atoms with van der Waals surface area (Å²) in [5.74, 6) is -0.0245. The van der Waals surface area contributed by atoms with E-state index in [0.717, 1.165) is 35.3 Å². The van der Waals surface area contributed by atoms with Crippen molar-refractivity contribution in [1.82, 2.24) is 14.9 Å². The minimum atomic E-state index is -0.833. The first-order chi connectivity index (χ1) is 15.6. The molecule has 0 radical (unpaired) electrons. The third-order valence-electron chi connectivity index (χ3n) is 4.92. The van der Waals surface area contributed by atoms with E-state index < -0.39 is 12.0 Å². The van der Waals surface area contributed by atoms with Crippen LogP contribution >= 0.6 is 0 Å². The number of aliphatic carboxylic acids is 1. The van der Waals surface area contributed by atoms with Crippen LogP contribution in [-0.2, 0) is 22.6 Å². The summed E-state index contributed by atoms with van der Waals surface area (Å²) in [5.41, 5.74) is 10.0. The van der Waals surface area contributed by atoms with Crippen LogP contribution < -0.4 is 5.73 Å². The van der Waals surface area contributed by atoms with Crippen LogP contribution in [0.25, 0.3) is 11.3 Å². The highest BCUT2D eigenvalue weighted by Gasteiger charge is 2.25. The van der Waals surface area contributed by atoms with Crippen LogP contribution in [0.4, 0.5) is 0 Å². The quantitative estimate of drug-likeness (QED) is 0.434. The van der Waals surface area contributed by atoms with Crippen molar-refractivity contribution in [3.8, 4) is 17.0 Å². The number of aromatic hydroxyl groups is 1. The van der Waals surface area contributed by atoms with Gasteiger partial charge in [-0.3, -0.25) is 9.59 Å². The number of benzene rings is 2. The predicted octanol–water partition coefficient (Wildman–Crippen LogP) is 3.49. The summed E-state index contributed by atoms with van der Waals surface area (Å²) in [6.45, 7) is 7.38. The summed E-state index contributed by atoms with van der Waals surface area (Å²) in [6.07, 6.45) is 0.411. The Balaban J connectivity index is 0.000000890. The Hall–Kier alpha value is -3.65. The lowest BCUT2D eigenvalue weighted by atomic mass is 10.0. The Kier molecular flexibility index (Phi) is 9.18. The van der Waals surface area contributed by atoms with Crippen LogP contribution in [-0.4, -0.2) is 49.0 Å². The van der Waals surface area contributed by atoms with Gasteiger partial charge < -0.3 is 25.8 Å². The Morgan fingerprint density at radius 2 is 1.67 bits per heavy atom. The van der Waals surface area contributed by atoms with Crippen molar-refractivity contribution < 1.29 is 19.8 Å². The first kappa shape index (κ1) is 25.6. The molecule has 0 saturated carbocycles. The smallest absolute Gasteiger partial charge is 0.300 e. The lowest BCUT2D eigenvalue weighted by Crippen LogP contribution is -2.47. The molecule has 8 heteroatoms. The highest BCUT2D eigenvalue weighted by atomic mass is 16.4. The van der Waals surface area contributed by atoms with Crippen LogP contribution in [0, 0.1) is 6.92 Å². The number of carboxylic acid groups (broad SMARTS) is 1. The molecule has 0 aliphatic rings. The van der Waals surface area contributed by atoms with Gasteiger partial charge in [0.05, 0.1) is 18.3 Å². The number of carbonyl (C=O) groups is 2. The van der Waals surface area contributed by atoms with Gasteiger partial charge in [-0.1, -0.05) is 42.5 Å². The molecule has 2 aromatic carbocycles. The van der Waals surface area contributed by atoms with Gasteiger partial charge in [0.15, 0.2) is 0 Å². The molecule has 0 fully saturated rings. The molecule has 3 rings (SSSR count). The fourth-order valence-electron chi connectivity index (χ4n) is 3.34. The summed E-state index contributed by atoms with van der Waals surface area (Å²) in [4.78, 5) is 31.8. The molecule has 0 saturated heterocycles. The average Bonchev–Trinajstić information content (AvgIpc) is 3.13. The number of imidazole rings is 1. The molecule has 8 nitrogen and oxygen atoms in total. The standard InChI is InChI=1S/C23H28N4O2.C2H4O2/c1-15(2)27(23(29)20(24)13-17-9-11-19(28)12-10-17)14-21-25-16(3)22(26-21)18-7-5-4-6-8-18;1-2(3)4/h4-12,15,20,28H,13-14,24H2,1-3H3,(H,25,26);1H3,(H,3,4)/t20-;/m0./s1. The van der Waals surface area contributed by atoms with Gasteiger partial charge in [0, 0.05) is 24.2 Å². The largest absolute Gasteiger partial charge is 0.508 e. The fourth-order valence-corrected chi connectivity index (χ4v) is 3.34. The molecule has 1 atom stereocenters. The number of carboxylic acids is 1. The zero-order valence-corrected chi connectivity index (χ0v) is 19.4. The lowest BCUT2D eigenvalue weighted by Gasteiger charge is -2.28. The zero-order chi connectivity index (χ0) is 24.5. The first-order valence-electron chi connectivity index (χ1n) is 10.7. The number of carbonyl (C=O) groups excluding carboxylic acids is 1. The highest BCUT2D eigenvalue weighted by Crippen LogP contribution is 2.22. The maximum absolute atomic E-state index is 13.0. The molecule has 33 heavy (non-hydrogen) atoms. The molecule has 1 amide bonds. The van der Waals surface area contributed by atoms with Gasteiger partial charge in [-0.25, -0.2) is 4.98 Å². The molecule has 176 valence electrons. The van der Waals surface area contributed by atoms with Gasteiger partial charge >= 0.3 is 0 Å². The van der Waals surface area contributed by atoms with E-state index in [1.807, 2.05) is 51.1 Å². The van der Waals surface area contributed by atoms with E-state index in [0.29, 0.717) is 13.0 Å². The van der Waals surface area contributed by atoms with Crippen molar-refractivity contribution in [3.05, 3.63) is 71.7 Å². The van der Waals surface area contributed by atoms with E-state index in [2.05, 4.69) is 4.98 Å². The van der Waals surface area contributed by atoms with Crippen molar-refractivity contribution in [3.63, 3.8) is 0 Å². The molecule has 0 bridgehead atoms. The number of phenolic OH excluding ortho intramolecular Hbond substituents is 1. The number of rotatable bonds is 7. The average molecular weight is 453 g/mol. The van der Waals surface area contributed by atoms with Gasteiger partial charge in [0.1, 0.15) is 11.6 Å². The maximum atomic E-state index is 13.0. The van der Waals surface area contributed by atoms with Crippen molar-refractivity contribution in [2.75, 3.05) is 0 Å². The summed E-state index contributed by atoms with van der Waals surface area (Å²) >= 11 is 0. The minimum Gasteiger partial charge on any atom is -0.508 e. The first-order valence-corrected chi connectivity index (χ1v) is 10.7. The Morgan fingerprint density at radius 1 is 1.09 bits per heavy atom. The van der Waals surface area contributed by atoms with Crippen molar-refractivity contribution in [1.29, 1.82) is 0 Å². The van der Waals surface area contributed by atoms with Gasteiger partial charge in [-0.2, -0.15) is 0 Å². The second kappa shape index (κ2) is 11.8. The normalized spacial score (nSPS) is 11.5. The maximum Gasteiger partial charge on any atom is 0.300 e. The monoisotopic (exact) mass is 452 g/mol. The number of aromatic nitrogens is 2. The number of aromatic amines is 1. The summed E-state index contributed by atoms with van der Waals surface area (Å²) in [5, 5.41) is 16.8. The number of hydrogen-bond donors (Lipinski definition) is 4. The molecule has 1 aromatic heterocycles. The molecule has 1 heterocycles. The molecule has 0 aliphatic carbocycles. The Labute approximate surface area is 194 Å². The number of amides is 1. The van der Waals surface area contributed by atoms with Crippen LogP contribution in [0.3, 0.4) is 0 Å². The van der Waals surface area contributed by atoms with E-state index in [1.165, 1.54) is 0 Å². The fraction of sp³-hybridized carbons (Fsp3) is 0.320. The van der Waals surface area contributed by atoms with Gasteiger partial charge in [-0.15, -0.1) is 0 Å². The van der Waals surface area contributed by atoms with Crippen molar-refractivity contribution >= 4 is 11.9 Å². The second-order valence-corrected chi connectivity index (χ2v) is 8.08. The van der Waals surface area contributed by atoms with E-state index in [4.69, 9.17) is 20.6 Å². The van der Waals surface area contributed by atoms with Crippen molar-refractivity contribution in [2.45, 2.75) is 52.7 Å². The number of hydrogen-bond acceptors (Lipinski definition) is 5. The van der Waals surface area contributed by atoms with Crippen LogP contribution in [0.2, 0.25) is 0 Å². The summed E-state index contributed by atoms with van der Waals surface area (Å²) in [6, 6.07) is 16.1. The molecule has 5 N–H and O–H groups in total. The van der Waals surface area contributed by atoms with E-state index in [-0.39, 0.29) is 17.7 Å². The predicted molar refractivity (Wildman–Crippen MR) is 128 cm³/mol. The zero-order valence-electron chi connectivity index (χ0n) is 19.4. The third kappa shape index (κ3) is 7.76.